The van der Waals surface area contributed by atoms with Gasteiger partial charge in [0.2, 0.25) is 0 Å². The van der Waals surface area contributed by atoms with Crippen molar-refractivity contribution in [2.24, 2.45) is 11.7 Å². The van der Waals surface area contributed by atoms with Crippen molar-refractivity contribution in [3.8, 4) is 0 Å². The molecule has 1 amide bonds. The van der Waals surface area contributed by atoms with Crippen LogP contribution in [-0.4, -0.2) is 29.5 Å². The minimum Gasteiger partial charge on any atom is -0.364 e. The first-order valence-corrected chi connectivity index (χ1v) is 8.79. The van der Waals surface area contributed by atoms with Gasteiger partial charge in [0.25, 0.3) is 5.91 Å². The van der Waals surface area contributed by atoms with Gasteiger partial charge in [-0.15, -0.1) is 0 Å². The van der Waals surface area contributed by atoms with Gasteiger partial charge < -0.3 is 19.7 Å². The van der Waals surface area contributed by atoms with Crippen molar-refractivity contribution in [2.75, 3.05) is 13.7 Å². The molecule has 1 atom stereocenters. The molecule has 1 saturated carbocycles. The van der Waals surface area contributed by atoms with E-state index >= 15 is 0 Å². The first-order valence-electron chi connectivity index (χ1n) is 6.20. The smallest absolute Gasteiger partial charge is 0.324 e. The molecule has 0 saturated heterocycles. The molecule has 1 heterocycles. The molecule has 0 bridgehead atoms. The predicted octanol–water partition coefficient (Wildman–Crippen LogP) is 1.55. The SMILES string of the molecule is COP(O)(=S)OCC1CC(c2ccnc(C(N)=O)c2)C1. The highest BCUT2D eigenvalue weighted by atomic mass is 32.5. The van der Waals surface area contributed by atoms with Gasteiger partial charge >= 0.3 is 6.72 Å². The molecular formula is C12H17N2O4PS. The molecule has 1 aliphatic rings. The maximum Gasteiger partial charge on any atom is 0.324 e. The zero-order valence-electron chi connectivity index (χ0n) is 11.1. The van der Waals surface area contributed by atoms with Gasteiger partial charge in [-0.05, 0) is 54.2 Å². The highest BCUT2D eigenvalue weighted by Crippen LogP contribution is 2.47. The second kappa shape index (κ2) is 6.28. The molecule has 1 aromatic heterocycles. The Hall–Kier alpha value is -0.850. The molecular weight excluding hydrogens is 299 g/mol. The van der Waals surface area contributed by atoms with E-state index in [-0.39, 0.29) is 5.69 Å². The second-order valence-electron chi connectivity index (χ2n) is 4.82. The van der Waals surface area contributed by atoms with E-state index < -0.39 is 12.6 Å². The summed E-state index contributed by atoms with van der Waals surface area (Å²) in [6, 6.07) is 3.62. The molecule has 0 aliphatic heterocycles. The van der Waals surface area contributed by atoms with Crippen molar-refractivity contribution in [1.82, 2.24) is 4.98 Å². The number of nitrogens with two attached hydrogens (primary N) is 1. The molecule has 8 heteroatoms. The van der Waals surface area contributed by atoms with Crippen LogP contribution >= 0.6 is 6.72 Å². The summed E-state index contributed by atoms with van der Waals surface area (Å²) in [5.74, 6) is 0.186. The Labute approximate surface area is 122 Å². The lowest BCUT2D eigenvalue weighted by Gasteiger charge is -2.36. The average molecular weight is 316 g/mol. The Morgan fingerprint density at radius 1 is 1.65 bits per heavy atom. The number of pyridine rings is 1. The Morgan fingerprint density at radius 3 is 2.95 bits per heavy atom. The molecule has 1 fully saturated rings. The first kappa shape index (κ1) is 15.5. The summed E-state index contributed by atoms with van der Waals surface area (Å²) < 4.78 is 9.91. The van der Waals surface area contributed by atoms with Crippen LogP contribution in [0.3, 0.4) is 0 Å². The van der Waals surface area contributed by atoms with Crippen molar-refractivity contribution in [3.05, 3.63) is 29.6 Å². The predicted molar refractivity (Wildman–Crippen MR) is 77.7 cm³/mol. The maximum atomic E-state index is 11.1. The number of hydrogen-bond donors (Lipinski definition) is 2. The van der Waals surface area contributed by atoms with Crippen LogP contribution in [0, 0.1) is 5.92 Å². The summed E-state index contributed by atoms with van der Waals surface area (Å²) in [4.78, 5) is 24.5. The number of amides is 1. The van der Waals surface area contributed by atoms with Crippen molar-refractivity contribution >= 4 is 24.4 Å². The monoisotopic (exact) mass is 316 g/mol. The fourth-order valence-electron chi connectivity index (χ4n) is 2.23. The molecule has 110 valence electrons. The zero-order chi connectivity index (χ0) is 14.8. The Balaban J connectivity index is 1.86. The van der Waals surface area contributed by atoms with Gasteiger partial charge in [-0.2, -0.15) is 0 Å². The van der Waals surface area contributed by atoms with Crippen molar-refractivity contribution < 1.29 is 18.7 Å². The highest BCUT2D eigenvalue weighted by Gasteiger charge is 2.32. The van der Waals surface area contributed by atoms with Gasteiger partial charge in [-0.25, -0.2) is 0 Å². The summed E-state index contributed by atoms with van der Waals surface area (Å²) in [6.07, 6.45) is 3.43. The third-order valence-electron chi connectivity index (χ3n) is 3.45. The third-order valence-corrected chi connectivity index (χ3v) is 5.15. The molecule has 0 aromatic carbocycles. The van der Waals surface area contributed by atoms with E-state index in [4.69, 9.17) is 26.6 Å². The Morgan fingerprint density at radius 2 is 2.35 bits per heavy atom. The molecule has 2 rings (SSSR count). The van der Waals surface area contributed by atoms with E-state index in [0.29, 0.717) is 18.4 Å². The summed E-state index contributed by atoms with van der Waals surface area (Å²) in [6.45, 7) is -2.66. The molecule has 6 nitrogen and oxygen atoms in total. The average Bonchev–Trinajstić information content (AvgIpc) is 2.37. The Bertz CT molecular complexity index is 548. The van der Waals surface area contributed by atoms with Gasteiger partial charge in [0.1, 0.15) is 5.69 Å². The van der Waals surface area contributed by atoms with Crippen LogP contribution in [0.1, 0.15) is 34.8 Å². The van der Waals surface area contributed by atoms with Crippen LogP contribution < -0.4 is 5.73 Å². The number of primary amides is 1. The fraction of sp³-hybridized carbons (Fsp3) is 0.500. The van der Waals surface area contributed by atoms with Crippen LogP contribution in [0.4, 0.5) is 0 Å². The van der Waals surface area contributed by atoms with Crippen LogP contribution in [0.2, 0.25) is 0 Å². The highest BCUT2D eigenvalue weighted by molar-refractivity contribution is 8.07. The number of hydrogen-bond acceptors (Lipinski definition) is 5. The summed E-state index contributed by atoms with van der Waals surface area (Å²) in [7, 11) is 1.34. The van der Waals surface area contributed by atoms with Gasteiger partial charge in [0, 0.05) is 13.3 Å². The van der Waals surface area contributed by atoms with Gasteiger partial charge in [0.05, 0.1) is 6.61 Å². The lowest BCUT2D eigenvalue weighted by atomic mass is 9.72. The van der Waals surface area contributed by atoms with E-state index in [1.807, 2.05) is 6.07 Å². The van der Waals surface area contributed by atoms with Gasteiger partial charge in [0.15, 0.2) is 0 Å². The molecule has 20 heavy (non-hydrogen) atoms. The van der Waals surface area contributed by atoms with E-state index in [1.54, 1.807) is 12.3 Å². The summed E-state index contributed by atoms with van der Waals surface area (Å²) in [5.41, 5.74) is 6.55. The summed E-state index contributed by atoms with van der Waals surface area (Å²) >= 11 is 4.77. The normalized spacial score (nSPS) is 24.7. The number of nitrogens with zero attached hydrogens (tertiary/aromatic N) is 1. The third kappa shape index (κ3) is 3.84. The van der Waals surface area contributed by atoms with Crippen molar-refractivity contribution in [3.63, 3.8) is 0 Å². The molecule has 0 spiro atoms. The van der Waals surface area contributed by atoms with Crippen LogP contribution in [-0.2, 0) is 20.9 Å². The molecule has 1 unspecified atom stereocenters. The maximum absolute atomic E-state index is 11.1. The molecule has 1 aromatic rings. The number of rotatable bonds is 6. The minimum absolute atomic E-state index is 0.285. The number of carbonyl (C=O) groups is 1. The van der Waals surface area contributed by atoms with Crippen molar-refractivity contribution in [2.45, 2.75) is 18.8 Å². The number of aromatic nitrogens is 1. The van der Waals surface area contributed by atoms with E-state index in [0.717, 1.165) is 18.4 Å². The van der Waals surface area contributed by atoms with Crippen molar-refractivity contribution in [1.29, 1.82) is 0 Å². The van der Waals surface area contributed by atoms with Crippen LogP contribution in [0.25, 0.3) is 0 Å². The van der Waals surface area contributed by atoms with E-state index in [2.05, 4.69) is 4.98 Å². The molecule has 1 aliphatic carbocycles. The first-order chi connectivity index (χ1) is 9.41. The topological polar surface area (TPSA) is 94.7 Å². The molecule has 0 radical (unpaired) electrons. The minimum atomic E-state index is -3.06. The lowest BCUT2D eigenvalue weighted by molar-refractivity contribution is 0.0994. The standard InChI is InChI=1S/C12H17N2O4PS/c1-17-19(16,20)18-7-8-4-10(5-8)9-2-3-14-11(6-9)12(13)15/h2-3,6,8,10H,4-5,7H2,1H3,(H2,13,15)(H,16,20). The Kier molecular flexibility index (Phi) is 4.88. The molecule has 3 N–H and O–H groups in total. The van der Waals surface area contributed by atoms with E-state index in [9.17, 15) is 9.69 Å². The van der Waals surface area contributed by atoms with Gasteiger partial charge in [-0.1, -0.05) is 0 Å². The lowest BCUT2D eigenvalue weighted by Crippen LogP contribution is -2.26. The fourth-order valence-corrected chi connectivity index (χ4v) is 2.92. The van der Waals surface area contributed by atoms with Crippen LogP contribution in [0.15, 0.2) is 18.3 Å². The van der Waals surface area contributed by atoms with Crippen LogP contribution in [0.5, 0.6) is 0 Å². The van der Waals surface area contributed by atoms with Gasteiger partial charge in [-0.3, -0.25) is 9.78 Å². The summed E-state index contributed by atoms with van der Waals surface area (Å²) in [5, 5.41) is 0. The largest absolute Gasteiger partial charge is 0.364 e. The zero-order valence-corrected chi connectivity index (χ0v) is 12.8. The quantitative estimate of drug-likeness (QED) is 0.773. The van der Waals surface area contributed by atoms with E-state index in [1.165, 1.54) is 7.11 Å². The number of carbonyl (C=O) groups excluding carboxylic acids is 1. The second-order valence-corrected chi connectivity index (χ2v) is 7.76.